The van der Waals surface area contributed by atoms with Crippen molar-refractivity contribution in [3.05, 3.63) is 83.5 Å². The Morgan fingerprint density at radius 3 is 1.79 bits per heavy atom. The van der Waals surface area contributed by atoms with Gasteiger partial charge in [0.15, 0.2) is 0 Å². The fourth-order valence-electron chi connectivity index (χ4n) is 3.22. The molecular formula is C18H8IN3O6. The normalized spacial score (nSPS) is 13.1. The highest BCUT2D eigenvalue weighted by molar-refractivity contribution is 14.1. The van der Waals surface area contributed by atoms with Gasteiger partial charge in [-0.15, -0.1) is 0 Å². The average Bonchev–Trinajstić information content (AvgIpc) is 2.66. The maximum atomic E-state index is 13.1. The second-order valence-electron chi connectivity index (χ2n) is 6.00. The fraction of sp³-hybridized carbons (Fsp3) is 0. The van der Waals surface area contributed by atoms with Crippen LogP contribution in [0.25, 0.3) is 10.8 Å². The molecule has 1 aliphatic heterocycles. The molecule has 0 saturated heterocycles. The van der Waals surface area contributed by atoms with E-state index in [0.717, 1.165) is 29.2 Å². The molecule has 0 unspecified atom stereocenters. The highest BCUT2D eigenvalue weighted by Crippen LogP contribution is 2.38. The molecular weight excluding hydrogens is 481 g/mol. The Balaban J connectivity index is 2.09. The molecule has 1 heterocycles. The number of nitrogens with zero attached hydrogens (tertiary/aromatic N) is 3. The number of anilines is 1. The summed E-state index contributed by atoms with van der Waals surface area (Å²) in [5.74, 6) is -1.44. The summed E-state index contributed by atoms with van der Waals surface area (Å²) in [7, 11) is 0. The van der Waals surface area contributed by atoms with E-state index in [2.05, 4.69) is 0 Å². The zero-order valence-electron chi connectivity index (χ0n) is 13.8. The molecule has 0 bridgehead atoms. The number of hydrogen-bond acceptors (Lipinski definition) is 6. The molecule has 0 radical (unpaired) electrons. The molecule has 3 aromatic carbocycles. The van der Waals surface area contributed by atoms with Gasteiger partial charge in [0, 0.05) is 33.2 Å². The van der Waals surface area contributed by atoms with Gasteiger partial charge in [0.05, 0.1) is 26.7 Å². The van der Waals surface area contributed by atoms with E-state index in [1.54, 1.807) is 24.3 Å². The van der Waals surface area contributed by atoms with Crippen LogP contribution in [0.15, 0.2) is 48.5 Å². The molecule has 28 heavy (non-hydrogen) atoms. The Hall–Kier alpha value is -3.41. The third-order valence-corrected chi connectivity index (χ3v) is 5.31. The quantitative estimate of drug-likeness (QED) is 0.237. The van der Waals surface area contributed by atoms with Gasteiger partial charge in [0.1, 0.15) is 0 Å². The molecule has 3 aromatic rings. The first-order valence-corrected chi connectivity index (χ1v) is 8.91. The lowest BCUT2D eigenvalue weighted by Crippen LogP contribution is -2.41. The van der Waals surface area contributed by atoms with Crippen LogP contribution in [0.1, 0.15) is 20.7 Å². The molecule has 4 rings (SSSR count). The largest absolute Gasteiger partial charge is 0.270 e. The summed E-state index contributed by atoms with van der Waals surface area (Å²) >= 11 is 1.96. The van der Waals surface area contributed by atoms with Gasteiger partial charge in [0.25, 0.3) is 23.2 Å². The minimum atomic E-state index is -0.718. The van der Waals surface area contributed by atoms with E-state index in [1.807, 2.05) is 22.6 Å². The standard InChI is InChI=1S/C18H8IN3O6/c19-14-3-1-2-4-15(14)20-17(23)12-7-10(21(25)26)5-9-6-11(22(27)28)8-13(16(9)12)18(20)24/h1-8H. The van der Waals surface area contributed by atoms with Crippen molar-refractivity contribution >= 4 is 62.2 Å². The summed E-state index contributed by atoms with van der Waals surface area (Å²) in [6, 6.07) is 11.1. The second kappa shape index (κ2) is 6.34. The second-order valence-corrected chi connectivity index (χ2v) is 7.16. The van der Waals surface area contributed by atoms with Crippen molar-refractivity contribution in [1.82, 2.24) is 0 Å². The number of benzene rings is 3. The van der Waals surface area contributed by atoms with Crippen LogP contribution in [-0.4, -0.2) is 21.7 Å². The van der Waals surface area contributed by atoms with Crippen molar-refractivity contribution in [2.75, 3.05) is 4.90 Å². The number of nitro groups is 2. The lowest BCUT2D eigenvalue weighted by molar-refractivity contribution is -0.385. The van der Waals surface area contributed by atoms with Gasteiger partial charge in [-0.25, -0.2) is 4.90 Å². The molecule has 1 aliphatic rings. The van der Waals surface area contributed by atoms with Crippen LogP contribution in [0.2, 0.25) is 0 Å². The monoisotopic (exact) mass is 489 g/mol. The maximum Gasteiger partial charge on any atom is 0.270 e. The fourth-order valence-corrected chi connectivity index (χ4v) is 3.85. The molecule has 2 amide bonds. The van der Waals surface area contributed by atoms with E-state index in [4.69, 9.17) is 0 Å². The number of hydrogen-bond donors (Lipinski definition) is 0. The van der Waals surface area contributed by atoms with Crippen LogP contribution >= 0.6 is 22.6 Å². The predicted octanol–water partition coefficient (Wildman–Crippen LogP) is 4.06. The first-order valence-electron chi connectivity index (χ1n) is 7.83. The average molecular weight is 489 g/mol. The summed E-state index contributed by atoms with van der Waals surface area (Å²) in [6.45, 7) is 0. The van der Waals surface area contributed by atoms with E-state index >= 15 is 0 Å². The summed E-state index contributed by atoms with van der Waals surface area (Å²) in [5, 5.41) is 22.8. The summed E-state index contributed by atoms with van der Waals surface area (Å²) in [6.07, 6.45) is 0. The number of carbonyl (C=O) groups excluding carboxylic acids is 2. The molecule has 138 valence electrons. The van der Waals surface area contributed by atoms with Crippen molar-refractivity contribution < 1.29 is 19.4 Å². The highest BCUT2D eigenvalue weighted by Gasteiger charge is 2.37. The van der Waals surface area contributed by atoms with Crippen LogP contribution < -0.4 is 4.90 Å². The number of para-hydroxylation sites is 1. The number of imide groups is 1. The molecule has 0 aromatic heterocycles. The highest BCUT2D eigenvalue weighted by atomic mass is 127. The molecule has 0 aliphatic carbocycles. The van der Waals surface area contributed by atoms with Crippen LogP contribution in [-0.2, 0) is 0 Å². The van der Waals surface area contributed by atoms with Gasteiger partial charge >= 0.3 is 0 Å². The molecule has 0 N–H and O–H groups in total. The topological polar surface area (TPSA) is 124 Å². The van der Waals surface area contributed by atoms with Gasteiger partial charge < -0.3 is 0 Å². The van der Waals surface area contributed by atoms with E-state index < -0.39 is 21.7 Å². The van der Waals surface area contributed by atoms with Crippen molar-refractivity contribution in [2.45, 2.75) is 0 Å². The van der Waals surface area contributed by atoms with E-state index in [0.29, 0.717) is 9.26 Å². The number of rotatable bonds is 3. The van der Waals surface area contributed by atoms with Gasteiger partial charge in [-0.05, 0) is 40.1 Å². The minimum Gasteiger partial charge on any atom is -0.268 e. The van der Waals surface area contributed by atoms with Gasteiger partial charge in [-0.1, -0.05) is 12.1 Å². The van der Waals surface area contributed by atoms with Crippen molar-refractivity contribution in [1.29, 1.82) is 0 Å². The van der Waals surface area contributed by atoms with Crippen LogP contribution in [0.5, 0.6) is 0 Å². The minimum absolute atomic E-state index is 0.0478. The Morgan fingerprint density at radius 1 is 0.821 bits per heavy atom. The Bertz CT molecular complexity index is 1170. The van der Waals surface area contributed by atoms with Crippen molar-refractivity contribution in [3.8, 4) is 0 Å². The van der Waals surface area contributed by atoms with Gasteiger partial charge in [-0.3, -0.25) is 29.8 Å². The summed E-state index contributed by atoms with van der Waals surface area (Å²) in [4.78, 5) is 48.3. The molecule has 0 fully saturated rings. The smallest absolute Gasteiger partial charge is 0.268 e. The molecule has 0 atom stereocenters. The summed E-state index contributed by atoms with van der Waals surface area (Å²) < 4.78 is 0.609. The number of halogens is 1. The molecule has 10 heteroatoms. The Labute approximate surface area is 170 Å². The predicted molar refractivity (Wildman–Crippen MR) is 108 cm³/mol. The first-order chi connectivity index (χ1) is 13.3. The molecule has 9 nitrogen and oxygen atoms in total. The SMILES string of the molecule is O=C1c2cc([N+](=O)[O-])cc3cc([N+](=O)[O-])cc(c23)C(=O)N1c1ccccc1I. The van der Waals surface area contributed by atoms with Gasteiger partial charge in [0.2, 0.25) is 0 Å². The Kier molecular flexibility index (Phi) is 4.07. The Morgan fingerprint density at radius 2 is 1.32 bits per heavy atom. The number of non-ortho nitro benzene ring substituents is 2. The van der Waals surface area contributed by atoms with Crippen LogP contribution in [0.4, 0.5) is 17.1 Å². The van der Waals surface area contributed by atoms with Crippen molar-refractivity contribution in [3.63, 3.8) is 0 Å². The van der Waals surface area contributed by atoms with Crippen LogP contribution in [0, 0.1) is 23.8 Å². The molecule has 0 saturated carbocycles. The van der Waals surface area contributed by atoms with Gasteiger partial charge in [-0.2, -0.15) is 0 Å². The number of nitro benzene ring substituents is 2. The first kappa shape index (κ1) is 18.0. The third-order valence-electron chi connectivity index (χ3n) is 4.40. The van der Waals surface area contributed by atoms with E-state index in [-0.39, 0.29) is 33.3 Å². The number of amides is 2. The van der Waals surface area contributed by atoms with E-state index in [9.17, 15) is 29.8 Å². The zero-order chi connectivity index (χ0) is 20.2. The van der Waals surface area contributed by atoms with Crippen molar-refractivity contribution in [2.24, 2.45) is 0 Å². The lowest BCUT2D eigenvalue weighted by Gasteiger charge is -2.27. The van der Waals surface area contributed by atoms with Crippen LogP contribution in [0.3, 0.4) is 0 Å². The lowest BCUT2D eigenvalue weighted by atomic mass is 9.92. The zero-order valence-corrected chi connectivity index (χ0v) is 15.9. The third kappa shape index (κ3) is 2.60. The maximum absolute atomic E-state index is 13.1. The number of carbonyl (C=O) groups is 2. The molecule has 0 spiro atoms. The van der Waals surface area contributed by atoms with E-state index in [1.165, 1.54) is 0 Å². The summed E-state index contributed by atoms with van der Waals surface area (Å²) in [5.41, 5.74) is -0.574.